The number of rotatable bonds is 8. The SMILES string of the molecule is CCCC(C)n1nnc2c1CCCCC(Cc1ccc(C(=O)OC(C)CC)cc1)C2(F)F. The van der Waals surface area contributed by atoms with Crippen LogP contribution < -0.4 is 0 Å². The van der Waals surface area contributed by atoms with Gasteiger partial charge in [0.2, 0.25) is 0 Å². The zero-order valence-corrected chi connectivity index (χ0v) is 19.6. The molecule has 1 aliphatic rings. The molecule has 1 heterocycles. The lowest BCUT2D eigenvalue weighted by atomic mass is 9.83. The third-order valence-corrected chi connectivity index (χ3v) is 6.51. The lowest BCUT2D eigenvalue weighted by Gasteiger charge is -2.29. The highest BCUT2D eigenvalue weighted by Crippen LogP contribution is 2.43. The van der Waals surface area contributed by atoms with Crippen molar-refractivity contribution in [2.45, 2.75) is 97.1 Å². The largest absolute Gasteiger partial charge is 0.459 e. The summed E-state index contributed by atoms with van der Waals surface area (Å²) in [6, 6.07) is 6.89. The molecule has 0 aliphatic heterocycles. The number of aromatic nitrogens is 3. The number of esters is 1. The smallest absolute Gasteiger partial charge is 0.338 e. The zero-order valence-electron chi connectivity index (χ0n) is 19.6. The summed E-state index contributed by atoms with van der Waals surface area (Å²) in [5.74, 6) is -4.29. The van der Waals surface area contributed by atoms with Gasteiger partial charge in [0.25, 0.3) is 5.92 Å². The first-order chi connectivity index (χ1) is 15.3. The van der Waals surface area contributed by atoms with E-state index in [0.717, 1.165) is 37.7 Å². The predicted octanol–water partition coefficient (Wildman–Crippen LogP) is 6.27. The number of halogens is 2. The summed E-state index contributed by atoms with van der Waals surface area (Å²) in [4.78, 5) is 12.2. The Hall–Kier alpha value is -2.31. The summed E-state index contributed by atoms with van der Waals surface area (Å²) in [6.07, 6.45) is 5.28. The Morgan fingerprint density at radius 3 is 2.59 bits per heavy atom. The monoisotopic (exact) mass is 447 g/mol. The molecule has 0 fully saturated rings. The molecule has 0 bridgehead atoms. The molecule has 3 unspecified atom stereocenters. The number of fused-ring (bicyclic) bond motifs is 1. The molecule has 0 N–H and O–H groups in total. The van der Waals surface area contributed by atoms with E-state index in [1.807, 2.05) is 20.8 Å². The van der Waals surface area contributed by atoms with Crippen molar-refractivity contribution < 1.29 is 18.3 Å². The number of benzene rings is 1. The molecule has 5 nitrogen and oxygen atoms in total. The Morgan fingerprint density at radius 2 is 1.94 bits per heavy atom. The van der Waals surface area contributed by atoms with Crippen molar-refractivity contribution in [3.05, 3.63) is 46.8 Å². The van der Waals surface area contributed by atoms with Crippen LogP contribution in [0.2, 0.25) is 0 Å². The second-order valence-corrected chi connectivity index (χ2v) is 9.06. The summed E-state index contributed by atoms with van der Waals surface area (Å²) in [6.45, 7) is 7.89. The van der Waals surface area contributed by atoms with Crippen molar-refractivity contribution in [1.82, 2.24) is 15.0 Å². The van der Waals surface area contributed by atoms with Crippen molar-refractivity contribution in [3.63, 3.8) is 0 Å². The minimum atomic E-state index is -3.05. The molecule has 0 saturated heterocycles. The van der Waals surface area contributed by atoms with Crippen LogP contribution in [0.4, 0.5) is 8.78 Å². The molecular weight excluding hydrogens is 412 g/mol. The molecule has 3 rings (SSSR count). The molecule has 0 saturated carbocycles. The first-order valence-corrected chi connectivity index (χ1v) is 11.9. The van der Waals surface area contributed by atoms with E-state index in [0.29, 0.717) is 24.1 Å². The van der Waals surface area contributed by atoms with Gasteiger partial charge in [0.05, 0.1) is 23.4 Å². The van der Waals surface area contributed by atoms with E-state index >= 15 is 8.78 Å². The van der Waals surface area contributed by atoms with Gasteiger partial charge in [-0.25, -0.2) is 9.48 Å². The zero-order chi connectivity index (χ0) is 23.3. The quantitative estimate of drug-likeness (QED) is 0.448. The molecule has 7 heteroatoms. The number of hydrogen-bond donors (Lipinski definition) is 0. The van der Waals surface area contributed by atoms with Gasteiger partial charge in [0.15, 0.2) is 5.69 Å². The summed E-state index contributed by atoms with van der Waals surface area (Å²) >= 11 is 0. The van der Waals surface area contributed by atoms with Crippen LogP contribution in [-0.2, 0) is 23.5 Å². The topological polar surface area (TPSA) is 57.0 Å². The van der Waals surface area contributed by atoms with Crippen LogP contribution in [0.25, 0.3) is 0 Å². The van der Waals surface area contributed by atoms with Gasteiger partial charge in [-0.1, -0.05) is 44.0 Å². The number of alkyl halides is 2. The van der Waals surface area contributed by atoms with E-state index in [1.165, 1.54) is 0 Å². The maximum absolute atomic E-state index is 15.7. The van der Waals surface area contributed by atoms with E-state index in [-0.39, 0.29) is 30.2 Å². The molecule has 176 valence electrons. The highest BCUT2D eigenvalue weighted by molar-refractivity contribution is 5.89. The van der Waals surface area contributed by atoms with Gasteiger partial charge in [0, 0.05) is 5.92 Å². The van der Waals surface area contributed by atoms with Crippen LogP contribution in [0.3, 0.4) is 0 Å². The van der Waals surface area contributed by atoms with Crippen molar-refractivity contribution in [2.75, 3.05) is 0 Å². The average molecular weight is 448 g/mol. The second-order valence-electron chi connectivity index (χ2n) is 9.06. The van der Waals surface area contributed by atoms with E-state index in [9.17, 15) is 4.79 Å². The Balaban J connectivity index is 1.79. The van der Waals surface area contributed by atoms with Crippen LogP contribution in [0.1, 0.15) is 99.6 Å². The molecule has 1 aromatic heterocycles. The molecule has 0 amide bonds. The van der Waals surface area contributed by atoms with E-state index in [1.54, 1.807) is 28.9 Å². The predicted molar refractivity (Wildman–Crippen MR) is 120 cm³/mol. The van der Waals surface area contributed by atoms with Crippen LogP contribution in [0, 0.1) is 5.92 Å². The van der Waals surface area contributed by atoms with E-state index in [4.69, 9.17) is 4.74 Å². The molecule has 32 heavy (non-hydrogen) atoms. The van der Waals surface area contributed by atoms with Gasteiger partial charge in [-0.2, -0.15) is 8.78 Å². The van der Waals surface area contributed by atoms with Crippen molar-refractivity contribution >= 4 is 5.97 Å². The number of carbonyl (C=O) groups is 1. The Labute approximate surface area is 189 Å². The number of hydrogen-bond acceptors (Lipinski definition) is 4. The minimum absolute atomic E-state index is 0.0626. The Kier molecular flexibility index (Phi) is 8.01. The summed E-state index contributed by atoms with van der Waals surface area (Å²) in [5.41, 5.74) is 1.65. The van der Waals surface area contributed by atoms with Crippen LogP contribution in [0.5, 0.6) is 0 Å². The molecule has 0 spiro atoms. The fraction of sp³-hybridized carbons (Fsp3) is 0.640. The second kappa shape index (κ2) is 10.5. The lowest BCUT2D eigenvalue weighted by Crippen LogP contribution is -2.31. The summed E-state index contributed by atoms with van der Waals surface area (Å²) < 4.78 is 38.4. The van der Waals surface area contributed by atoms with Crippen LogP contribution in [-0.4, -0.2) is 27.1 Å². The van der Waals surface area contributed by atoms with Crippen molar-refractivity contribution in [2.24, 2.45) is 5.92 Å². The number of carbonyl (C=O) groups excluding carboxylic acids is 1. The standard InChI is InChI=1S/C25H35F2N3O2/c1-5-9-17(3)30-22-11-8-7-10-21(25(26,27)23(22)28-29-30)16-19-12-14-20(15-13-19)24(31)32-18(4)6-2/h12-15,17-18,21H,5-11,16H2,1-4H3. The molecule has 1 aliphatic carbocycles. The fourth-order valence-corrected chi connectivity index (χ4v) is 4.38. The molecule has 3 atom stereocenters. The van der Waals surface area contributed by atoms with Gasteiger partial charge >= 0.3 is 5.97 Å². The Bertz CT molecular complexity index is 895. The average Bonchev–Trinajstić information content (AvgIpc) is 3.20. The molecule has 1 aromatic carbocycles. The van der Waals surface area contributed by atoms with Gasteiger partial charge in [0.1, 0.15) is 0 Å². The third-order valence-electron chi connectivity index (χ3n) is 6.51. The van der Waals surface area contributed by atoms with Crippen LogP contribution >= 0.6 is 0 Å². The Morgan fingerprint density at radius 1 is 1.22 bits per heavy atom. The van der Waals surface area contributed by atoms with Gasteiger partial charge in [-0.3, -0.25) is 0 Å². The van der Waals surface area contributed by atoms with Crippen LogP contribution in [0.15, 0.2) is 24.3 Å². The van der Waals surface area contributed by atoms with E-state index < -0.39 is 11.8 Å². The van der Waals surface area contributed by atoms with Crippen molar-refractivity contribution in [1.29, 1.82) is 0 Å². The van der Waals surface area contributed by atoms with Gasteiger partial charge < -0.3 is 4.74 Å². The minimum Gasteiger partial charge on any atom is -0.459 e. The molecular formula is C25H35F2N3O2. The third kappa shape index (κ3) is 5.36. The highest BCUT2D eigenvalue weighted by atomic mass is 19.3. The van der Waals surface area contributed by atoms with E-state index in [2.05, 4.69) is 17.2 Å². The van der Waals surface area contributed by atoms with Gasteiger partial charge in [-0.15, -0.1) is 5.10 Å². The normalized spacial score (nSPS) is 20.0. The molecule has 0 radical (unpaired) electrons. The molecule has 2 aromatic rings. The number of nitrogens with zero attached hydrogens (tertiary/aromatic N) is 3. The maximum Gasteiger partial charge on any atom is 0.338 e. The lowest BCUT2D eigenvalue weighted by molar-refractivity contribution is -0.0751. The summed E-state index contributed by atoms with van der Waals surface area (Å²) in [7, 11) is 0. The van der Waals surface area contributed by atoms with Gasteiger partial charge in [-0.05, 0) is 70.1 Å². The first kappa shape index (κ1) is 24.3. The fourth-order valence-electron chi connectivity index (χ4n) is 4.38. The summed E-state index contributed by atoms with van der Waals surface area (Å²) in [5, 5.41) is 8.11. The maximum atomic E-state index is 15.7. The van der Waals surface area contributed by atoms with Crippen molar-refractivity contribution in [3.8, 4) is 0 Å². The highest BCUT2D eigenvalue weighted by Gasteiger charge is 2.46. The number of ether oxygens (including phenoxy) is 1. The first-order valence-electron chi connectivity index (χ1n) is 11.9.